The SMILES string of the molecule is CC1(C)c2ccccc2-c2nccnc2-c2ccc3c(-c4cccnc4)c(-c4cccnc4)sc3c21. The van der Waals surface area contributed by atoms with E-state index in [-0.39, 0.29) is 5.41 Å². The van der Waals surface area contributed by atoms with Crippen LogP contribution in [-0.4, -0.2) is 19.9 Å². The lowest BCUT2D eigenvalue weighted by Crippen LogP contribution is -2.20. The number of nitrogens with zero attached hydrogens (tertiary/aromatic N) is 4. The van der Waals surface area contributed by atoms with Crippen molar-refractivity contribution in [2.45, 2.75) is 19.3 Å². The van der Waals surface area contributed by atoms with Gasteiger partial charge in [0.25, 0.3) is 0 Å². The molecular formula is C31H22N4S. The number of thiophene rings is 1. The Hall–Kier alpha value is -4.22. The summed E-state index contributed by atoms with van der Waals surface area (Å²) in [7, 11) is 0. The summed E-state index contributed by atoms with van der Waals surface area (Å²) >= 11 is 1.83. The highest BCUT2D eigenvalue weighted by molar-refractivity contribution is 7.23. The Morgan fingerprint density at radius 3 is 2.08 bits per heavy atom. The van der Waals surface area contributed by atoms with Crippen LogP contribution in [0.25, 0.3) is 54.2 Å². The van der Waals surface area contributed by atoms with Gasteiger partial charge in [0, 0.05) is 85.4 Å². The standard InChI is InChI=1S/C31H22N4S/c1-31(2)24-10-4-3-9-21(24)27-28(35-16-15-34-27)23-12-11-22-25(19-7-5-13-32-17-19)29(36-30(22)26(23)31)20-8-6-14-33-18-20/h3-18H,1-2H3. The fraction of sp³-hybridized carbons (Fsp3) is 0.0968. The van der Waals surface area contributed by atoms with Crippen LogP contribution < -0.4 is 0 Å². The molecule has 0 unspecified atom stereocenters. The monoisotopic (exact) mass is 482 g/mol. The van der Waals surface area contributed by atoms with Gasteiger partial charge in [-0.2, -0.15) is 0 Å². The number of benzene rings is 2. The van der Waals surface area contributed by atoms with Crippen molar-refractivity contribution >= 4 is 21.4 Å². The van der Waals surface area contributed by atoms with Crippen LogP contribution in [0.2, 0.25) is 0 Å². The van der Waals surface area contributed by atoms with Crippen LogP contribution in [-0.2, 0) is 5.41 Å². The average Bonchev–Trinajstić information content (AvgIpc) is 3.29. The molecule has 4 aromatic heterocycles. The van der Waals surface area contributed by atoms with E-state index in [1.54, 1.807) is 12.4 Å². The van der Waals surface area contributed by atoms with Gasteiger partial charge in [-0.05, 0) is 23.3 Å². The second-order valence-corrected chi connectivity index (χ2v) is 10.6. The molecule has 7 rings (SSSR count). The minimum Gasteiger partial charge on any atom is -0.264 e. The van der Waals surface area contributed by atoms with Crippen LogP contribution in [0, 0.1) is 0 Å². The summed E-state index contributed by atoms with van der Waals surface area (Å²) in [6.45, 7) is 4.65. The zero-order valence-corrected chi connectivity index (χ0v) is 20.8. The number of rotatable bonds is 2. The van der Waals surface area contributed by atoms with Crippen molar-refractivity contribution < 1.29 is 0 Å². The van der Waals surface area contributed by atoms with E-state index in [4.69, 9.17) is 9.97 Å². The molecule has 1 aliphatic carbocycles. The lowest BCUT2D eigenvalue weighted by molar-refractivity contribution is 0.653. The molecule has 0 saturated carbocycles. The fourth-order valence-corrected chi connectivity index (χ4v) is 7.10. The maximum absolute atomic E-state index is 4.86. The Morgan fingerprint density at radius 1 is 0.667 bits per heavy atom. The Bertz CT molecular complexity index is 1750. The summed E-state index contributed by atoms with van der Waals surface area (Å²) in [6.07, 6.45) is 11.1. The molecule has 0 amide bonds. The first-order valence-corrected chi connectivity index (χ1v) is 12.8. The first-order valence-electron chi connectivity index (χ1n) is 12.0. The third kappa shape index (κ3) is 2.99. The zero-order valence-electron chi connectivity index (χ0n) is 19.9. The number of pyridine rings is 2. The molecule has 36 heavy (non-hydrogen) atoms. The normalized spacial score (nSPS) is 13.5. The van der Waals surface area contributed by atoms with E-state index in [0.717, 1.165) is 33.6 Å². The highest BCUT2D eigenvalue weighted by Crippen LogP contribution is 2.54. The largest absolute Gasteiger partial charge is 0.264 e. The summed E-state index contributed by atoms with van der Waals surface area (Å²) in [5, 5.41) is 1.23. The van der Waals surface area contributed by atoms with Crippen molar-refractivity contribution in [1.29, 1.82) is 0 Å². The molecule has 0 fully saturated rings. The van der Waals surface area contributed by atoms with Gasteiger partial charge in [-0.3, -0.25) is 19.9 Å². The van der Waals surface area contributed by atoms with Crippen LogP contribution in [0.4, 0.5) is 0 Å². The van der Waals surface area contributed by atoms with Gasteiger partial charge in [-0.1, -0.05) is 62.4 Å². The van der Waals surface area contributed by atoms with E-state index < -0.39 is 0 Å². The molecule has 0 radical (unpaired) electrons. The van der Waals surface area contributed by atoms with Crippen molar-refractivity contribution in [3.63, 3.8) is 0 Å². The second-order valence-electron chi connectivity index (χ2n) is 9.58. The number of hydrogen-bond donors (Lipinski definition) is 0. The van der Waals surface area contributed by atoms with E-state index in [2.05, 4.69) is 72.3 Å². The Kier molecular flexibility index (Phi) is 4.63. The van der Waals surface area contributed by atoms with Gasteiger partial charge in [-0.25, -0.2) is 0 Å². The van der Waals surface area contributed by atoms with Gasteiger partial charge in [0.1, 0.15) is 0 Å². The van der Waals surface area contributed by atoms with Gasteiger partial charge in [0.2, 0.25) is 0 Å². The van der Waals surface area contributed by atoms with Crippen LogP contribution in [0.5, 0.6) is 0 Å². The first-order chi connectivity index (χ1) is 17.6. The maximum atomic E-state index is 4.86. The molecule has 5 heteroatoms. The summed E-state index contributed by atoms with van der Waals surface area (Å²) < 4.78 is 1.27. The van der Waals surface area contributed by atoms with Gasteiger partial charge in [-0.15, -0.1) is 11.3 Å². The van der Waals surface area contributed by atoms with E-state index in [1.807, 2.05) is 48.3 Å². The van der Waals surface area contributed by atoms with Crippen molar-refractivity contribution in [2.24, 2.45) is 0 Å². The molecular weight excluding hydrogens is 460 g/mol. The smallest absolute Gasteiger partial charge is 0.0968 e. The summed E-state index contributed by atoms with van der Waals surface area (Å²) in [6, 6.07) is 21.4. The quantitative estimate of drug-likeness (QED) is 0.253. The van der Waals surface area contributed by atoms with Crippen LogP contribution in [0.15, 0.2) is 97.8 Å². The highest BCUT2D eigenvalue weighted by atomic mass is 32.1. The third-order valence-corrected chi connectivity index (χ3v) is 8.44. The first kappa shape index (κ1) is 21.1. The second kappa shape index (κ2) is 7.90. The molecule has 0 N–H and O–H groups in total. The Morgan fingerprint density at radius 2 is 1.36 bits per heavy atom. The van der Waals surface area contributed by atoms with Gasteiger partial charge in [0.15, 0.2) is 0 Å². The number of aromatic nitrogens is 4. The van der Waals surface area contributed by atoms with E-state index >= 15 is 0 Å². The predicted molar refractivity (Wildman–Crippen MR) is 147 cm³/mol. The lowest BCUT2D eigenvalue weighted by Gasteiger charge is -2.28. The maximum Gasteiger partial charge on any atom is 0.0968 e. The minimum atomic E-state index is -0.267. The molecule has 0 aliphatic heterocycles. The molecule has 4 heterocycles. The lowest BCUT2D eigenvalue weighted by atomic mass is 9.75. The minimum absolute atomic E-state index is 0.267. The Balaban J connectivity index is 1.65. The van der Waals surface area contributed by atoms with E-state index in [9.17, 15) is 0 Å². The van der Waals surface area contributed by atoms with E-state index in [1.165, 1.54) is 31.7 Å². The molecule has 6 aromatic rings. The molecule has 4 nitrogen and oxygen atoms in total. The Labute approximate surface area is 213 Å². The highest BCUT2D eigenvalue weighted by Gasteiger charge is 2.36. The van der Waals surface area contributed by atoms with Crippen molar-refractivity contribution in [1.82, 2.24) is 19.9 Å². The molecule has 0 bridgehead atoms. The van der Waals surface area contributed by atoms with Crippen LogP contribution >= 0.6 is 11.3 Å². The van der Waals surface area contributed by atoms with Gasteiger partial charge < -0.3 is 0 Å². The van der Waals surface area contributed by atoms with E-state index in [0.29, 0.717) is 0 Å². The van der Waals surface area contributed by atoms with Crippen molar-refractivity contribution in [3.05, 3.63) is 109 Å². The summed E-state index contributed by atoms with van der Waals surface area (Å²) in [5.74, 6) is 0. The predicted octanol–water partition coefficient (Wildman–Crippen LogP) is 7.79. The topological polar surface area (TPSA) is 51.6 Å². The van der Waals surface area contributed by atoms with Crippen LogP contribution in [0.3, 0.4) is 0 Å². The molecule has 1 aliphatic rings. The van der Waals surface area contributed by atoms with Crippen LogP contribution in [0.1, 0.15) is 25.0 Å². The zero-order chi connectivity index (χ0) is 24.3. The fourth-order valence-electron chi connectivity index (χ4n) is 5.58. The average molecular weight is 483 g/mol. The van der Waals surface area contributed by atoms with Crippen molar-refractivity contribution in [3.8, 4) is 44.1 Å². The molecule has 0 atom stereocenters. The van der Waals surface area contributed by atoms with Crippen molar-refractivity contribution in [2.75, 3.05) is 0 Å². The molecule has 0 saturated heterocycles. The molecule has 2 aromatic carbocycles. The molecule has 172 valence electrons. The molecule has 0 spiro atoms. The number of fused-ring (bicyclic) bond motifs is 7. The van der Waals surface area contributed by atoms with Gasteiger partial charge in [0.05, 0.1) is 11.4 Å². The summed E-state index contributed by atoms with van der Waals surface area (Å²) in [4.78, 5) is 19.7. The summed E-state index contributed by atoms with van der Waals surface area (Å²) in [5.41, 5.74) is 9.86. The third-order valence-electron chi connectivity index (χ3n) is 7.17. The number of hydrogen-bond acceptors (Lipinski definition) is 5. The van der Waals surface area contributed by atoms with Gasteiger partial charge >= 0.3 is 0 Å².